The Labute approximate surface area is 131 Å². The number of rotatable bonds is 3. The molecule has 2 rings (SSSR count). The zero-order valence-corrected chi connectivity index (χ0v) is 13.5. The number of hydrogen-bond donors (Lipinski definition) is 1. The van der Waals surface area contributed by atoms with E-state index in [1.54, 1.807) is 13.1 Å². The van der Waals surface area contributed by atoms with Crippen LogP contribution < -0.4 is 5.32 Å². The quantitative estimate of drug-likeness (QED) is 0.696. The van der Waals surface area contributed by atoms with Gasteiger partial charge in [-0.2, -0.15) is 0 Å². The molecule has 0 aliphatic heterocycles. The fourth-order valence-corrected chi connectivity index (χ4v) is 3.74. The molecule has 7 heteroatoms. The van der Waals surface area contributed by atoms with Crippen LogP contribution in [0.3, 0.4) is 0 Å². The van der Waals surface area contributed by atoms with Gasteiger partial charge in [0.25, 0.3) is 0 Å². The predicted octanol–water partition coefficient (Wildman–Crippen LogP) is 5.40. The molecule has 0 radical (unpaired) electrons. The smallest absolute Gasteiger partial charge is 0.142 e. The summed E-state index contributed by atoms with van der Waals surface area (Å²) < 4.78 is 28.2. The van der Waals surface area contributed by atoms with Gasteiger partial charge in [-0.25, -0.2) is 8.78 Å². The number of hydrogen-bond acceptors (Lipinski definition) is 2. The lowest BCUT2D eigenvalue weighted by Crippen LogP contribution is -2.18. The van der Waals surface area contributed by atoms with Gasteiger partial charge in [0.1, 0.15) is 11.6 Å². The van der Waals surface area contributed by atoms with Crippen molar-refractivity contribution in [2.75, 3.05) is 7.05 Å². The largest absolute Gasteiger partial charge is 0.309 e. The van der Waals surface area contributed by atoms with Crippen LogP contribution in [-0.2, 0) is 0 Å². The molecule has 0 bridgehead atoms. The number of halogens is 5. The van der Waals surface area contributed by atoms with E-state index >= 15 is 0 Å². The molecular formula is C12H8BrCl2F2NS. The predicted molar refractivity (Wildman–Crippen MR) is 79.3 cm³/mol. The van der Waals surface area contributed by atoms with Crippen molar-refractivity contribution in [3.63, 3.8) is 0 Å². The monoisotopic (exact) mass is 385 g/mol. The van der Waals surface area contributed by atoms with Crippen LogP contribution in [0.5, 0.6) is 0 Å². The van der Waals surface area contributed by atoms with Gasteiger partial charge in [-0.1, -0.05) is 23.2 Å². The third-order valence-electron chi connectivity index (χ3n) is 2.59. The third-order valence-corrected chi connectivity index (χ3v) is 5.42. The highest BCUT2D eigenvalue weighted by Crippen LogP contribution is 2.38. The van der Waals surface area contributed by atoms with Gasteiger partial charge in [-0.15, -0.1) is 11.3 Å². The first-order valence-electron chi connectivity index (χ1n) is 5.20. The lowest BCUT2D eigenvalue weighted by Gasteiger charge is -2.16. The molecule has 102 valence electrons. The summed E-state index contributed by atoms with van der Waals surface area (Å²) >= 11 is 16.2. The summed E-state index contributed by atoms with van der Waals surface area (Å²) in [6, 6.07) is 3.30. The van der Waals surface area contributed by atoms with E-state index in [2.05, 4.69) is 21.2 Å². The molecule has 19 heavy (non-hydrogen) atoms. The normalized spacial score (nSPS) is 12.7. The molecule has 1 heterocycles. The van der Waals surface area contributed by atoms with E-state index in [0.717, 1.165) is 20.8 Å². The van der Waals surface area contributed by atoms with Crippen LogP contribution in [0.2, 0.25) is 10.0 Å². The van der Waals surface area contributed by atoms with Crippen molar-refractivity contribution in [3.05, 3.63) is 54.1 Å². The van der Waals surface area contributed by atoms with E-state index in [1.165, 1.54) is 11.3 Å². The van der Waals surface area contributed by atoms with Crippen molar-refractivity contribution in [3.8, 4) is 0 Å². The van der Waals surface area contributed by atoms with Crippen molar-refractivity contribution in [2.45, 2.75) is 6.04 Å². The van der Waals surface area contributed by atoms with Crippen LogP contribution in [-0.4, -0.2) is 7.05 Å². The molecule has 0 spiro atoms. The molecule has 1 nitrogen and oxygen atoms in total. The molecule has 0 fully saturated rings. The Balaban J connectivity index is 2.50. The molecule has 2 aromatic rings. The van der Waals surface area contributed by atoms with Crippen LogP contribution in [0, 0.1) is 11.6 Å². The highest BCUT2D eigenvalue weighted by atomic mass is 79.9. The first-order chi connectivity index (χ1) is 8.93. The Hall–Kier alpha value is -0.200. The first kappa shape index (κ1) is 15.2. The molecule has 0 aliphatic rings. The topological polar surface area (TPSA) is 12.0 Å². The Morgan fingerprint density at radius 2 is 1.84 bits per heavy atom. The molecule has 0 amide bonds. The second-order valence-electron chi connectivity index (χ2n) is 3.78. The average Bonchev–Trinajstić information content (AvgIpc) is 2.67. The molecule has 1 unspecified atom stereocenters. The molecule has 1 aromatic heterocycles. The minimum Gasteiger partial charge on any atom is -0.309 e. The van der Waals surface area contributed by atoms with E-state index in [1.807, 2.05) is 0 Å². The van der Waals surface area contributed by atoms with Crippen LogP contribution in [0.15, 0.2) is 22.0 Å². The van der Waals surface area contributed by atoms with E-state index < -0.39 is 17.7 Å². The second-order valence-corrected chi connectivity index (χ2v) is 7.00. The van der Waals surface area contributed by atoms with E-state index in [9.17, 15) is 8.78 Å². The van der Waals surface area contributed by atoms with Gasteiger partial charge in [0.2, 0.25) is 0 Å². The van der Waals surface area contributed by atoms with Crippen LogP contribution >= 0.6 is 50.5 Å². The van der Waals surface area contributed by atoms with Gasteiger partial charge in [-0.05, 0) is 41.2 Å². The van der Waals surface area contributed by atoms with Crippen LogP contribution in [0.1, 0.15) is 16.5 Å². The zero-order chi connectivity index (χ0) is 14.2. The highest BCUT2D eigenvalue weighted by Gasteiger charge is 2.21. The maximum Gasteiger partial charge on any atom is 0.142 e. The highest BCUT2D eigenvalue weighted by molar-refractivity contribution is 9.11. The van der Waals surface area contributed by atoms with Crippen molar-refractivity contribution >= 4 is 50.5 Å². The molecule has 1 aromatic carbocycles. The molecule has 0 saturated carbocycles. The Kier molecular flexibility index (Phi) is 4.84. The maximum atomic E-state index is 13.9. The summed E-state index contributed by atoms with van der Waals surface area (Å²) in [7, 11) is 1.66. The van der Waals surface area contributed by atoms with Gasteiger partial charge in [-0.3, -0.25) is 0 Å². The molecular weight excluding hydrogens is 379 g/mol. The SMILES string of the molecule is CNC(c1cc(Cl)c(Br)s1)c1cc(F)c(Cl)cc1F. The summed E-state index contributed by atoms with van der Waals surface area (Å²) in [6.45, 7) is 0. The number of nitrogens with one attached hydrogen (secondary N) is 1. The Morgan fingerprint density at radius 3 is 2.37 bits per heavy atom. The second kappa shape index (κ2) is 6.06. The van der Waals surface area contributed by atoms with E-state index in [4.69, 9.17) is 23.2 Å². The summed E-state index contributed by atoms with van der Waals surface area (Å²) in [5.41, 5.74) is 0.190. The van der Waals surface area contributed by atoms with E-state index in [0.29, 0.717) is 5.02 Å². The maximum absolute atomic E-state index is 13.9. The summed E-state index contributed by atoms with van der Waals surface area (Å²) in [5, 5.41) is 3.25. The lowest BCUT2D eigenvalue weighted by molar-refractivity contribution is 0.561. The summed E-state index contributed by atoms with van der Waals surface area (Å²) in [6.07, 6.45) is 0. The number of benzene rings is 1. The van der Waals surface area contributed by atoms with E-state index in [-0.39, 0.29) is 10.6 Å². The zero-order valence-electron chi connectivity index (χ0n) is 9.61. The standard InChI is InChI=1S/C12H8BrCl2F2NS/c1-18-11(10-4-7(15)12(13)19-10)5-2-9(17)6(14)3-8(5)16/h2-4,11,18H,1H3. The van der Waals surface area contributed by atoms with Gasteiger partial charge in [0.15, 0.2) is 0 Å². The Bertz CT molecular complexity index is 599. The van der Waals surface area contributed by atoms with Gasteiger partial charge < -0.3 is 5.32 Å². The first-order valence-corrected chi connectivity index (χ1v) is 7.57. The average molecular weight is 387 g/mol. The van der Waals surface area contributed by atoms with Gasteiger partial charge in [0, 0.05) is 10.4 Å². The third kappa shape index (κ3) is 3.11. The molecule has 0 aliphatic carbocycles. The van der Waals surface area contributed by atoms with Gasteiger partial charge >= 0.3 is 0 Å². The summed E-state index contributed by atoms with van der Waals surface area (Å²) in [4.78, 5) is 0.778. The van der Waals surface area contributed by atoms with Gasteiger partial charge in [0.05, 0.1) is 19.9 Å². The minimum absolute atomic E-state index is 0.190. The molecule has 1 atom stereocenters. The van der Waals surface area contributed by atoms with Crippen molar-refractivity contribution in [2.24, 2.45) is 0 Å². The molecule has 1 N–H and O–H groups in total. The van der Waals surface area contributed by atoms with Crippen molar-refractivity contribution in [1.29, 1.82) is 0 Å². The lowest BCUT2D eigenvalue weighted by atomic mass is 10.0. The fraction of sp³-hybridized carbons (Fsp3) is 0.167. The van der Waals surface area contributed by atoms with Crippen LogP contribution in [0.25, 0.3) is 0 Å². The molecule has 0 saturated heterocycles. The van der Waals surface area contributed by atoms with Crippen LogP contribution in [0.4, 0.5) is 8.78 Å². The number of thiophene rings is 1. The summed E-state index contributed by atoms with van der Waals surface area (Å²) in [5.74, 6) is -1.22. The van der Waals surface area contributed by atoms with Crippen molar-refractivity contribution in [1.82, 2.24) is 5.32 Å². The fourth-order valence-electron chi connectivity index (χ4n) is 1.72. The minimum atomic E-state index is -0.653. The Morgan fingerprint density at radius 1 is 1.16 bits per heavy atom. The van der Waals surface area contributed by atoms with Crippen molar-refractivity contribution < 1.29 is 8.78 Å².